The number of carboxylic acid groups (broad SMARTS) is 1. The Morgan fingerprint density at radius 3 is 2.57 bits per heavy atom. The molecule has 0 aliphatic heterocycles. The molecule has 0 aliphatic rings. The van der Waals surface area contributed by atoms with Crippen molar-refractivity contribution >= 4 is 17.0 Å². The van der Waals surface area contributed by atoms with E-state index in [-0.39, 0.29) is 16.9 Å². The molecule has 0 saturated heterocycles. The van der Waals surface area contributed by atoms with Gasteiger partial charge in [-0.05, 0) is 6.07 Å². The zero-order valence-corrected chi connectivity index (χ0v) is 7.82. The summed E-state index contributed by atoms with van der Waals surface area (Å²) in [4.78, 5) is 10.6. The van der Waals surface area contributed by atoms with Gasteiger partial charge < -0.3 is 14.8 Å². The topological polar surface area (TPSA) is 94.8 Å². The van der Waals surface area contributed by atoms with Gasteiger partial charge in [-0.1, -0.05) is 12.1 Å². The minimum atomic E-state index is -2.10. The standard InChI is InChI=1S/C8H8O5S/c9-7-5(4-14(12)13)2-1-3-6(7)8(10)11/h1-3,9H,4H2,(H,10,11)(H,12,13). The van der Waals surface area contributed by atoms with Crippen LogP contribution in [0.25, 0.3) is 0 Å². The third-order valence-electron chi connectivity index (χ3n) is 1.63. The molecule has 1 unspecified atom stereocenters. The van der Waals surface area contributed by atoms with Crippen LogP contribution in [0.3, 0.4) is 0 Å². The summed E-state index contributed by atoms with van der Waals surface area (Å²) >= 11 is -2.10. The van der Waals surface area contributed by atoms with E-state index < -0.39 is 22.8 Å². The quantitative estimate of drug-likeness (QED) is 0.650. The van der Waals surface area contributed by atoms with Crippen molar-refractivity contribution in [2.24, 2.45) is 0 Å². The molecule has 0 radical (unpaired) electrons. The van der Waals surface area contributed by atoms with Gasteiger partial charge in [0.1, 0.15) is 11.3 Å². The van der Waals surface area contributed by atoms with E-state index in [1.54, 1.807) is 0 Å². The average molecular weight is 216 g/mol. The lowest BCUT2D eigenvalue weighted by Crippen LogP contribution is -2.00. The van der Waals surface area contributed by atoms with Gasteiger partial charge in [-0.15, -0.1) is 0 Å². The maximum atomic E-state index is 10.6. The maximum Gasteiger partial charge on any atom is 0.339 e. The van der Waals surface area contributed by atoms with Crippen molar-refractivity contribution in [3.63, 3.8) is 0 Å². The van der Waals surface area contributed by atoms with Crippen LogP contribution >= 0.6 is 0 Å². The van der Waals surface area contributed by atoms with E-state index in [1.807, 2.05) is 0 Å². The van der Waals surface area contributed by atoms with E-state index in [4.69, 9.17) is 9.66 Å². The molecular formula is C8H8O5S. The Labute approximate surface area is 82.3 Å². The van der Waals surface area contributed by atoms with Crippen molar-refractivity contribution in [1.82, 2.24) is 0 Å². The van der Waals surface area contributed by atoms with Crippen molar-refractivity contribution in [2.45, 2.75) is 5.75 Å². The van der Waals surface area contributed by atoms with Gasteiger partial charge in [-0.3, -0.25) is 0 Å². The molecule has 0 amide bonds. The first-order chi connectivity index (χ1) is 6.52. The van der Waals surface area contributed by atoms with Crippen LogP contribution in [0.1, 0.15) is 15.9 Å². The lowest BCUT2D eigenvalue weighted by Gasteiger charge is -2.04. The molecule has 0 aromatic heterocycles. The third kappa shape index (κ3) is 2.30. The monoisotopic (exact) mass is 216 g/mol. The Bertz CT molecular complexity index is 387. The van der Waals surface area contributed by atoms with Crippen LogP contribution in [-0.4, -0.2) is 24.9 Å². The Kier molecular flexibility index (Phi) is 3.21. The molecule has 0 spiro atoms. The molecule has 6 heteroatoms. The predicted octanol–water partition coefficient (Wildman–Crippen LogP) is 0.812. The molecule has 76 valence electrons. The fourth-order valence-electron chi connectivity index (χ4n) is 1.01. The van der Waals surface area contributed by atoms with Crippen molar-refractivity contribution in [1.29, 1.82) is 0 Å². The summed E-state index contributed by atoms with van der Waals surface area (Å²) in [7, 11) is 0. The second-order valence-corrected chi connectivity index (χ2v) is 3.52. The number of benzene rings is 1. The van der Waals surface area contributed by atoms with Gasteiger partial charge in [0.25, 0.3) is 0 Å². The van der Waals surface area contributed by atoms with Gasteiger partial charge in [0.05, 0.1) is 5.75 Å². The summed E-state index contributed by atoms with van der Waals surface area (Å²) in [6.07, 6.45) is 0. The average Bonchev–Trinajstić information content (AvgIpc) is 2.07. The SMILES string of the molecule is O=C(O)c1cccc(CS(=O)O)c1O. The molecule has 14 heavy (non-hydrogen) atoms. The Hall–Kier alpha value is -1.40. The van der Waals surface area contributed by atoms with Gasteiger partial charge in [0, 0.05) is 5.56 Å². The van der Waals surface area contributed by atoms with Crippen LogP contribution in [0.5, 0.6) is 5.75 Å². The highest BCUT2D eigenvalue weighted by Gasteiger charge is 2.13. The molecule has 0 aliphatic carbocycles. The van der Waals surface area contributed by atoms with Crippen LogP contribution in [-0.2, 0) is 16.8 Å². The van der Waals surface area contributed by atoms with Crippen molar-refractivity contribution < 1.29 is 23.8 Å². The molecule has 5 nitrogen and oxygen atoms in total. The highest BCUT2D eigenvalue weighted by molar-refractivity contribution is 7.78. The molecule has 0 saturated carbocycles. The summed E-state index contributed by atoms with van der Waals surface area (Å²) in [5.74, 6) is -2.01. The van der Waals surface area contributed by atoms with Crippen LogP contribution in [0.15, 0.2) is 18.2 Å². The fourth-order valence-corrected chi connectivity index (χ4v) is 1.51. The predicted molar refractivity (Wildman–Crippen MR) is 49.5 cm³/mol. The lowest BCUT2D eigenvalue weighted by atomic mass is 10.1. The molecular weight excluding hydrogens is 208 g/mol. The number of hydrogen-bond donors (Lipinski definition) is 3. The van der Waals surface area contributed by atoms with E-state index in [0.29, 0.717) is 0 Å². The number of carbonyl (C=O) groups is 1. The molecule has 0 heterocycles. The van der Waals surface area contributed by atoms with Gasteiger partial charge in [-0.2, -0.15) is 0 Å². The zero-order valence-electron chi connectivity index (χ0n) is 7.01. The second kappa shape index (κ2) is 4.21. The van der Waals surface area contributed by atoms with E-state index in [2.05, 4.69) is 0 Å². The first-order valence-electron chi connectivity index (χ1n) is 3.64. The van der Waals surface area contributed by atoms with Gasteiger partial charge >= 0.3 is 5.97 Å². The lowest BCUT2D eigenvalue weighted by molar-refractivity contribution is 0.0693. The molecule has 1 aromatic rings. The molecule has 1 atom stereocenters. The Morgan fingerprint density at radius 2 is 2.07 bits per heavy atom. The first-order valence-corrected chi connectivity index (χ1v) is 4.91. The number of rotatable bonds is 3. The maximum absolute atomic E-state index is 10.6. The van der Waals surface area contributed by atoms with Crippen LogP contribution in [0.2, 0.25) is 0 Å². The van der Waals surface area contributed by atoms with Gasteiger partial charge in [0.15, 0.2) is 11.1 Å². The number of carboxylic acids is 1. The van der Waals surface area contributed by atoms with Crippen molar-refractivity contribution in [3.8, 4) is 5.75 Å². The molecule has 1 rings (SSSR count). The highest BCUT2D eigenvalue weighted by atomic mass is 32.2. The summed E-state index contributed by atoms with van der Waals surface area (Å²) in [6, 6.07) is 4.03. The fraction of sp³-hybridized carbons (Fsp3) is 0.125. The van der Waals surface area contributed by atoms with Crippen molar-refractivity contribution in [3.05, 3.63) is 29.3 Å². The van der Waals surface area contributed by atoms with Crippen LogP contribution in [0, 0.1) is 0 Å². The van der Waals surface area contributed by atoms with E-state index in [9.17, 15) is 14.1 Å². The van der Waals surface area contributed by atoms with Crippen LogP contribution in [0.4, 0.5) is 0 Å². The normalized spacial score (nSPS) is 12.4. The number of phenols is 1. The molecule has 0 bridgehead atoms. The second-order valence-electron chi connectivity index (χ2n) is 2.58. The van der Waals surface area contributed by atoms with Gasteiger partial charge in [0.2, 0.25) is 0 Å². The molecule has 1 aromatic carbocycles. The summed E-state index contributed by atoms with van der Waals surface area (Å²) in [5.41, 5.74) is -0.126. The van der Waals surface area contributed by atoms with Crippen molar-refractivity contribution in [2.75, 3.05) is 0 Å². The number of aromatic hydroxyl groups is 1. The Morgan fingerprint density at radius 1 is 1.43 bits per heavy atom. The van der Waals surface area contributed by atoms with E-state index >= 15 is 0 Å². The molecule has 3 N–H and O–H groups in total. The first kappa shape index (κ1) is 10.7. The minimum absolute atomic E-state index is 0.144. The smallest absolute Gasteiger partial charge is 0.339 e. The zero-order chi connectivity index (χ0) is 10.7. The summed E-state index contributed by atoms with van der Waals surface area (Å²) in [6.45, 7) is 0. The highest BCUT2D eigenvalue weighted by Crippen LogP contribution is 2.23. The summed E-state index contributed by atoms with van der Waals surface area (Å²) < 4.78 is 19.0. The Balaban J connectivity index is 3.13. The largest absolute Gasteiger partial charge is 0.507 e. The summed E-state index contributed by atoms with van der Waals surface area (Å²) in [5, 5.41) is 18.0. The van der Waals surface area contributed by atoms with Gasteiger partial charge in [-0.25, -0.2) is 9.00 Å². The minimum Gasteiger partial charge on any atom is -0.507 e. The van der Waals surface area contributed by atoms with E-state index in [0.717, 1.165) is 0 Å². The molecule has 0 fully saturated rings. The number of hydrogen-bond acceptors (Lipinski definition) is 3. The third-order valence-corrected chi connectivity index (χ3v) is 2.19. The number of aromatic carboxylic acids is 1. The van der Waals surface area contributed by atoms with E-state index in [1.165, 1.54) is 18.2 Å². The number of para-hydroxylation sites is 1. The van der Waals surface area contributed by atoms with Crippen LogP contribution < -0.4 is 0 Å².